The van der Waals surface area contributed by atoms with Gasteiger partial charge in [0.05, 0.1) is 18.2 Å². The van der Waals surface area contributed by atoms with Gasteiger partial charge in [0.15, 0.2) is 0 Å². The lowest BCUT2D eigenvalue weighted by Gasteiger charge is -2.33. The van der Waals surface area contributed by atoms with Gasteiger partial charge in [-0.1, -0.05) is 0 Å². The first-order valence-electron chi connectivity index (χ1n) is 6.25. The van der Waals surface area contributed by atoms with Crippen molar-refractivity contribution in [2.24, 2.45) is 13.0 Å². The monoisotopic (exact) mass is 270 g/mol. The Balaban J connectivity index is 0.00000120. The van der Waals surface area contributed by atoms with Crippen molar-refractivity contribution in [1.82, 2.24) is 20.0 Å². The lowest BCUT2D eigenvalue weighted by molar-refractivity contribution is -0.138. The fourth-order valence-corrected chi connectivity index (χ4v) is 2.69. The predicted molar refractivity (Wildman–Crippen MR) is 70.5 cm³/mol. The van der Waals surface area contributed by atoms with Crippen LogP contribution in [0.2, 0.25) is 0 Å². The van der Waals surface area contributed by atoms with E-state index in [-0.39, 0.29) is 24.4 Å². The number of aryl methyl sites for hydroxylation is 1. The molecule has 18 heavy (non-hydrogen) atoms. The van der Waals surface area contributed by atoms with Crippen LogP contribution in [-0.4, -0.2) is 40.2 Å². The molecule has 3 heterocycles. The van der Waals surface area contributed by atoms with Gasteiger partial charge in [0.1, 0.15) is 0 Å². The zero-order chi connectivity index (χ0) is 11.8. The minimum Gasteiger partial charge on any atom is -0.335 e. The maximum absolute atomic E-state index is 12.3. The van der Waals surface area contributed by atoms with Gasteiger partial charge in [0, 0.05) is 38.4 Å². The van der Waals surface area contributed by atoms with Crippen molar-refractivity contribution in [3.8, 4) is 0 Å². The Morgan fingerprint density at radius 2 is 2.28 bits per heavy atom. The molecule has 0 saturated carbocycles. The minimum atomic E-state index is 0. The van der Waals surface area contributed by atoms with Gasteiger partial charge in [-0.2, -0.15) is 5.10 Å². The van der Waals surface area contributed by atoms with E-state index in [1.54, 1.807) is 4.68 Å². The van der Waals surface area contributed by atoms with Crippen LogP contribution in [0.3, 0.4) is 0 Å². The normalized spacial score (nSPS) is 23.6. The molecule has 0 spiro atoms. The highest BCUT2D eigenvalue weighted by atomic mass is 35.5. The Bertz CT molecular complexity index is 429. The van der Waals surface area contributed by atoms with Crippen molar-refractivity contribution in [2.75, 3.05) is 19.6 Å². The summed E-state index contributed by atoms with van der Waals surface area (Å²) in [4.78, 5) is 14.3. The molecule has 0 bridgehead atoms. The zero-order valence-electron chi connectivity index (χ0n) is 10.5. The molecule has 1 atom stereocenters. The highest BCUT2D eigenvalue weighted by Gasteiger charge is 2.36. The van der Waals surface area contributed by atoms with Crippen LogP contribution in [0, 0.1) is 5.92 Å². The molecule has 0 aliphatic carbocycles. The molecule has 1 aromatic rings. The summed E-state index contributed by atoms with van der Waals surface area (Å²) in [6, 6.07) is 0.247. The van der Waals surface area contributed by atoms with Crippen LogP contribution in [0.15, 0.2) is 12.4 Å². The molecule has 1 N–H and O–H groups in total. The van der Waals surface area contributed by atoms with Gasteiger partial charge in [-0.25, -0.2) is 0 Å². The molecule has 1 aromatic heterocycles. The molecule has 2 saturated heterocycles. The van der Waals surface area contributed by atoms with Crippen molar-refractivity contribution in [1.29, 1.82) is 0 Å². The average Bonchev–Trinajstić information content (AvgIpc) is 2.81. The minimum absolute atomic E-state index is 0. The Hall–Kier alpha value is -1.07. The number of hydrogen-bond acceptors (Lipinski definition) is 3. The van der Waals surface area contributed by atoms with E-state index in [1.165, 1.54) is 5.56 Å². The van der Waals surface area contributed by atoms with Gasteiger partial charge in [-0.15, -0.1) is 12.4 Å². The van der Waals surface area contributed by atoms with Gasteiger partial charge in [0.2, 0.25) is 5.91 Å². The highest BCUT2D eigenvalue weighted by Crippen LogP contribution is 2.33. The van der Waals surface area contributed by atoms with Crippen molar-refractivity contribution < 1.29 is 4.79 Å². The summed E-state index contributed by atoms with van der Waals surface area (Å²) >= 11 is 0. The van der Waals surface area contributed by atoms with Crippen LogP contribution in [0.4, 0.5) is 0 Å². The van der Waals surface area contributed by atoms with Gasteiger partial charge in [-0.3, -0.25) is 9.48 Å². The van der Waals surface area contributed by atoms with E-state index in [0.717, 1.165) is 32.5 Å². The number of amides is 1. The number of aromatic nitrogens is 2. The summed E-state index contributed by atoms with van der Waals surface area (Å²) < 4.78 is 1.81. The molecule has 0 aromatic carbocycles. The Morgan fingerprint density at radius 3 is 2.83 bits per heavy atom. The molecule has 100 valence electrons. The Morgan fingerprint density at radius 1 is 1.50 bits per heavy atom. The number of carbonyl (C=O) groups excluding carboxylic acids is 1. The first kappa shape index (κ1) is 13.4. The molecule has 1 unspecified atom stereocenters. The third-order valence-electron chi connectivity index (χ3n) is 3.78. The maximum atomic E-state index is 12.3. The quantitative estimate of drug-likeness (QED) is 0.862. The zero-order valence-corrected chi connectivity index (χ0v) is 11.3. The second-order valence-electron chi connectivity index (χ2n) is 4.99. The lowest BCUT2D eigenvalue weighted by Crippen LogP contribution is -2.51. The van der Waals surface area contributed by atoms with E-state index >= 15 is 0 Å². The molecule has 1 amide bonds. The SMILES string of the molecule is Cl.Cn1cc(C2CCCN2C(=O)C2CNC2)cn1. The first-order chi connectivity index (χ1) is 8.25. The molecule has 3 rings (SSSR count). The van der Waals surface area contributed by atoms with Crippen molar-refractivity contribution >= 4 is 18.3 Å². The smallest absolute Gasteiger partial charge is 0.228 e. The molecule has 2 aliphatic heterocycles. The summed E-state index contributed by atoms with van der Waals surface area (Å²) in [5, 5.41) is 7.36. The Kier molecular flexibility index (Phi) is 3.92. The van der Waals surface area contributed by atoms with E-state index < -0.39 is 0 Å². The summed E-state index contributed by atoms with van der Waals surface area (Å²) in [6.45, 7) is 2.58. The summed E-state index contributed by atoms with van der Waals surface area (Å²) in [6.07, 6.45) is 6.08. The van der Waals surface area contributed by atoms with E-state index in [2.05, 4.69) is 10.4 Å². The second-order valence-corrected chi connectivity index (χ2v) is 4.99. The van der Waals surface area contributed by atoms with Gasteiger partial charge in [0.25, 0.3) is 0 Å². The van der Waals surface area contributed by atoms with Crippen LogP contribution < -0.4 is 5.32 Å². The van der Waals surface area contributed by atoms with E-state index in [0.29, 0.717) is 5.91 Å². The summed E-state index contributed by atoms with van der Waals surface area (Å²) in [5.41, 5.74) is 1.17. The highest BCUT2D eigenvalue weighted by molar-refractivity contribution is 5.85. The van der Waals surface area contributed by atoms with Crippen molar-refractivity contribution in [2.45, 2.75) is 18.9 Å². The molecule has 2 fully saturated rings. The predicted octanol–water partition coefficient (Wildman–Crippen LogP) is 0.725. The number of hydrogen-bond donors (Lipinski definition) is 1. The number of rotatable bonds is 2. The summed E-state index contributed by atoms with van der Waals surface area (Å²) in [5.74, 6) is 0.516. The first-order valence-corrected chi connectivity index (χ1v) is 6.25. The second kappa shape index (κ2) is 5.28. The number of halogens is 1. The molecule has 5 nitrogen and oxygen atoms in total. The lowest BCUT2D eigenvalue weighted by atomic mass is 10.0. The molecule has 0 radical (unpaired) electrons. The van der Waals surface area contributed by atoms with Crippen LogP contribution in [0.25, 0.3) is 0 Å². The fraction of sp³-hybridized carbons (Fsp3) is 0.667. The van der Waals surface area contributed by atoms with Crippen molar-refractivity contribution in [3.63, 3.8) is 0 Å². The van der Waals surface area contributed by atoms with Gasteiger partial charge in [-0.05, 0) is 12.8 Å². The Labute approximate surface area is 113 Å². The van der Waals surface area contributed by atoms with E-state index in [9.17, 15) is 4.79 Å². The topological polar surface area (TPSA) is 50.2 Å². The standard InChI is InChI=1S/C12H18N4O.ClH/c1-15-8-10(7-14-15)11-3-2-4-16(11)12(17)9-5-13-6-9;/h7-9,11,13H,2-6H2,1H3;1H. The number of nitrogens with one attached hydrogen (secondary N) is 1. The number of likely N-dealkylation sites (tertiary alicyclic amines) is 1. The maximum Gasteiger partial charge on any atom is 0.228 e. The number of nitrogens with zero attached hydrogens (tertiary/aromatic N) is 3. The molecular formula is C12H19ClN4O. The largest absolute Gasteiger partial charge is 0.335 e. The van der Waals surface area contributed by atoms with Crippen molar-refractivity contribution in [3.05, 3.63) is 18.0 Å². The molecule has 6 heteroatoms. The van der Waals surface area contributed by atoms with Gasteiger partial charge < -0.3 is 10.2 Å². The average molecular weight is 271 g/mol. The molecular weight excluding hydrogens is 252 g/mol. The third-order valence-corrected chi connectivity index (χ3v) is 3.78. The summed E-state index contributed by atoms with van der Waals surface area (Å²) in [7, 11) is 1.92. The van der Waals surface area contributed by atoms with E-state index in [4.69, 9.17) is 0 Å². The number of carbonyl (C=O) groups is 1. The third kappa shape index (κ3) is 2.24. The molecule has 2 aliphatic rings. The van der Waals surface area contributed by atoms with Crippen LogP contribution in [0.1, 0.15) is 24.4 Å². The van der Waals surface area contributed by atoms with Crippen LogP contribution in [0.5, 0.6) is 0 Å². The van der Waals surface area contributed by atoms with Crippen LogP contribution in [-0.2, 0) is 11.8 Å². The van der Waals surface area contributed by atoms with Crippen LogP contribution >= 0.6 is 12.4 Å². The van der Waals surface area contributed by atoms with Gasteiger partial charge >= 0.3 is 0 Å². The van der Waals surface area contributed by atoms with E-state index in [1.807, 2.05) is 24.3 Å². The fourth-order valence-electron chi connectivity index (χ4n) is 2.69.